The maximum Gasteiger partial charge on any atom is 0 e. The van der Waals surface area contributed by atoms with Gasteiger partial charge < -0.3 is 0 Å². The molecular weight excluding hydrogens is 146 g/mol. The summed E-state index contributed by atoms with van der Waals surface area (Å²) in [6, 6.07) is 0. The first-order chi connectivity index (χ1) is 2.50. The minimum absolute atomic E-state index is 0. The van der Waals surface area contributed by atoms with Gasteiger partial charge in [-0.25, -0.2) is 12.2 Å². The van der Waals surface area contributed by atoms with Crippen LogP contribution in [0.25, 0.3) is 0 Å². The monoisotopic (exact) mass is 152 g/mol. The molecule has 1 aliphatic carbocycles. The predicted molar refractivity (Wildman–Crippen MR) is 29.8 cm³/mol. The fraction of sp³-hybridized carbons (Fsp3) is 0.200. The van der Waals surface area contributed by atoms with Crippen molar-refractivity contribution in [1.29, 1.82) is 0 Å². The zero-order valence-electron chi connectivity index (χ0n) is 4.28. The van der Waals surface area contributed by atoms with Gasteiger partial charge in [-0.2, -0.15) is 6.08 Å². The standard InChI is InChI=1S/C5H5.B.FH.Fe/c1-2-4-5-3-1;;;/h1-3H,4H2;;1H;/q-1;;;. The Morgan fingerprint density at radius 2 is 2.00 bits per heavy atom. The van der Waals surface area contributed by atoms with Crippen molar-refractivity contribution in [2.45, 2.75) is 6.42 Å². The Labute approximate surface area is 61.5 Å². The minimum Gasteiger partial charge on any atom is -0.273 e. The Bertz CT molecular complexity index is 70.5. The summed E-state index contributed by atoms with van der Waals surface area (Å²) in [5.74, 6) is 0. The molecule has 0 N–H and O–H groups in total. The van der Waals surface area contributed by atoms with E-state index in [1.54, 1.807) is 0 Å². The Hall–Kier alpha value is -0.00558. The van der Waals surface area contributed by atoms with Crippen molar-refractivity contribution in [1.82, 2.24) is 0 Å². The maximum atomic E-state index is 2.99. The van der Waals surface area contributed by atoms with E-state index >= 15 is 0 Å². The molecule has 0 atom stereocenters. The van der Waals surface area contributed by atoms with Crippen molar-refractivity contribution in [3.63, 3.8) is 0 Å². The first-order valence-corrected chi connectivity index (χ1v) is 1.72. The largest absolute Gasteiger partial charge is 0.273 e. The van der Waals surface area contributed by atoms with E-state index in [0.717, 1.165) is 6.42 Å². The molecular formula is C5H6BFFe-. The van der Waals surface area contributed by atoms with Gasteiger partial charge in [-0.05, 0) is 0 Å². The maximum absolute atomic E-state index is 2.99. The second kappa shape index (κ2) is 10.1. The third-order valence-electron chi connectivity index (χ3n) is 0.586. The zero-order valence-corrected chi connectivity index (χ0v) is 5.38. The van der Waals surface area contributed by atoms with Gasteiger partial charge in [0.15, 0.2) is 0 Å². The van der Waals surface area contributed by atoms with Crippen LogP contribution in [0.3, 0.4) is 0 Å². The number of rotatable bonds is 0. The van der Waals surface area contributed by atoms with Gasteiger partial charge in [0.25, 0.3) is 0 Å². The van der Waals surface area contributed by atoms with Crippen LogP contribution in [0.2, 0.25) is 0 Å². The summed E-state index contributed by atoms with van der Waals surface area (Å²) in [7, 11) is 0. The van der Waals surface area contributed by atoms with Gasteiger partial charge >= 0.3 is 0 Å². The Morgan fingerprint density at radius 1 is 1.38 bits per heavy atom. The number of allylic oxidation sites excluding steroid dienone is 4. The Morgan fingerprint density at radius 3 is 2.12 bits per heavy atom. The second-order valence-electron chi connectivity index (χ2n) is 1.00. The molecule has 8 heavy (non-hydrogen) atoms. The summed E-state index contributed by atoms with van der Waals surface area (Å²) in [6.45, 7) is 0. The molecule has 0 aromatic rings. The second-order valence-corrected chi connectivity index (χ2v) is 1.00. The first-order valence-electron chi connectivity index (χ1n) is 1.72. The molecule has 0 heterocycles. The van der Waals surface area contributed by atoms with E-state index in [9.17, 15) is 0 Å². The van der Waals surface area contributed by atoms with Crippen molar-refractivity contribution in [3.8, 4) is 0 Å². The SMILES string of the molecule is F.[B].[C-]1=CC=CC1.[Fe]. The summed E-state index contributed by atoms with van der Waals surface area (Å²) in [5, 5.41) is 0. The van der Waals surface area contributed by atoms with Crippen molar-refractivity contribution in [2.24, 2.45) is 0 Å². The van der Waals surface area contributed by atoms with Gasteiger partial charge in [0, 0.05) is 25.5 Å². The number of hydrogen-bond donors (Lipinski definition) is 0. The zero-order chi connectivity index (χ0) is 3.54. The average molecular weight is 152 g/mol. The topological polar surface area (TPSA) is 0 Å². The van der Waals surface area contributed by atoms with Gasteiger partial charge in [0.1, 0.15) is 0 Å². The summed E-state index contributed by atoms with van der Waals surface area (Å²) < 4.78 is 0. The van der Waals surface area contributed by atoms with E-state index in [0.29, 0.717) is 0 Å². The third kappa shape index (κ3) is 5.99. The normalized spacial score (nSPS) is 11.0. The van der Waals surface area contributed by atoms with Gasteiger partial charge in [0.05, 0.1) is 0 Å². The molecule has 0 unspecified atom stereocenters. The van der Waals surface area contributed by atoms with Crippen LogP contribution in [0.15, 0.2) is 18.2 Å². The molecule has 0 aromatic carbocycles. The molecule has 0 saturated carbocycles. The van der Waals surface area contributed by atoms with E-state index in [4.69, 9.17) is 0 Å². The van der Waals surface area contributed by atoms with Crippen molar-refractivity contribution in [3.05, 3.63) is 24.3 Å². The molecule has 3 radical (unpaired) electrons. The molecule has 0 bridgehead atoms. The van der Waals surface area contributed by atoms with Crippen LogP contribution in [0, 0.1) is 6.08 Å². The van der Waals surface area contributed by atoms with Crippen LogP contribution in [0.4, 0.5) is 4.70 Å². The van der Waals surface area contributed by atoms with E-state index in [1.165, 1.54) is 0 Å². The van der Waals surface area contributed by atoms with Gasteiger partial charge in [0.2, 0.25) is 0 Å². The Kier molecular flexibility index (Phi) is 19.7. The molecule has 0 aliphatic heterocycles. The predicted octanol–water partition coefficient (Wildman–Crippen LogP) is 1.07. The third-order valence-corrected chi connectivity index (χ3v) is 0.586. The molecule has 1 aliphatic rings. The van der Waals surface area contributed by atoms with Gasteiger partial charge in [-0.1, -0.05) is 0 Å². The summed E-state index contributed by atoms with van der Waals surface area (Å²) in [4.78, 5) is 0. The van der Waals surface area contributed by atoms with Crippen LogP contribution >= 0.6 is 0 Å². The Balaban J connectivity index is -0.0000000833. The molecule has 0 spiro atoms. The minimum atomic E-state index is 0. The molecule has 0 saturated heterocycles. The van der Waals surface area contributed by atoms with E-state index < -0.39 is 0 Å². The molecule has 45 valence electrons. The van der Waals surface area contributed by atoms with E-state index in [2.05, 4.69) is 12.2 Å². The fourth-order valence-electron chi connectivity index (χ4n) is 0.340. The molecule has 0 aromatic heterocycles. The first kappa shape index (κ1) is 15.7. The van der Waals surface area contributed by atoms with Crippen molar-refractivity contribution in [2.75, 3.05) is 0 Å². The van der Waals surface area contributed by atoms with Crippen molar-refractivity contribution < 1.29 is 21.8 Å². The molecule has 0 nitrogen and oxygen atoms in total. The summed E-state index contributed by atoms with van der Waals surface area (Å²) in [6.07, 6.45) is 10.0. The fourth-order valence-corrected chi connectivity index (χ4v) is 0.340. The molecule has 0 amide bonds. The number of halogens is 1. The van der Waals surface area contributed by atoms with Crippen LogP contribution in [-0.2, 0) is 17.1 Å². The van der Waals surface area contributed by atoms with E-state index in [1.807, 2.05) is 12.2 Å². The van der Waals surface area contributed by atoms with Gasteiger partial charge in [-0.15, -0.1) is 6.42 Å². The summed E-state index contributed by atoms with van der Waals surface area (Å²) in [5.41, 5.74) is 0. The number of hydrogen-bond acceptors (Lipinski definition) is 0. The van der Waals surface area contributed by atoms with Crippen LogP contribution in [-0.4, -0.2) is 8.41 Å². The van der Waals surface area contributed by atoms with Crippen LogP contribution < -0.4 is 0 Å². The van der Waals surface area contributed by atoms with E-state index in [-0.39, 0.29) is 30.2 Å². The summed E-state index contributed by atoms with van der Waals surface area (Å²) >= 11 is 0. The smallest absolute Gasteiger partial charge is 0 e. The molecule has 0 fully saturated rings. The van der Waals surface area contributed by atoms with Crippen LogP contribution in [0.1, 0.15) is 6.42 Å². The molecule has 3 heteroatoms. The quantitative estimate of drug-likeness (QED) is 0.359. The van der Waals surface area contributed by atoms with Crippen LogP contribution in [0.5, 0.6) is 0 Å². The molecule has 1 rings (SSSR count). The van der Waals surface area contributed by atoms with Crippen molar-refractivity contribution >= 4 is 8.41 Å². The average Bonchev–Trinajstić information content (AvgIpc) is 1.76. The van der Waals surface area contributed by atoms with Gasteiger partial charge in [-0.3, -0.25) is 10.8 Å².